The van der Waals surface area contributed by atoms with E-state index in [9.17, 15) is 25.2 Å². The van der Waals surface area contributed by atoms with Gasteiger partial charge in [-0.1, -0.05) is 0 Å². The summed E-state index contributed by atoms with van der Waals surface area (Å²) in [6.07, 6.45) is -2.04. The Kier molecular flexibility index (Phi) is 4.22. The van der Waals surface area contributed by atoms with E-state index in [-0.39, 0.29) is 47.1 Å². The number of rotatable bonds is 3. The molecular formula is C18H18O9. The van der Waals surface area contributed by atoms with Gasteiger partial charge in [-0.05, 0) is 13.0 Å². The average molecular weight is 378 g/mol. The zero-order valence-corrected chi connectivity index (χ0v) is 14.3. The molecule has 1 aromatic carbocycles. The molecule has 9 heteroatoms. The van der Waals surface area contributed by atoms with Crippen LogP contribution in [0.25, 0.3) is 21.9 Å². The highest BCUT2D eigenvalue weighted by atomic mass is 16.7. The second kappa shape index (κ2) is 6.45. The summed E-state index contributed by atoms with van der Waals surface area (Å²) in [6, 6.07) is 2.69. The number of phenols is 2. The van der Waals surface area contributed by atoms with Gasteiger partial charge in [-0.15, -0.1) is 0 Å². The fraction of sp³-hybridized carbons (Fsp3) is 0.389. The molecule has 2 aromatic heterocycles. The van der Waals surface area contributed by atoms with E-state index in [0.29, 0.717) is 5.76 Å². The minimum absolute atomic E-state index is 0.0300. The van der Waals surface area contributed by atoms with Crippen LogP contribution in [-0.4, -0.2) is 45.5 Å². The van der Waals surface area contributed by atoms with E-state index in [1.807, 2.05) is 0 Å². The summed E-state index contributed by atoms with van der Waals surface area (Å²) in [5.74, 6) is -0.997. The van der Waals surface area contributed by atoms with Crippen molar-refractivity contribution in [2.24, 2.45) is 0 Å². The van der Waals surface area contributed by atoms with E-state index in [2.05, 4.69) is 0 Å². The van der Waals surface area contributed by atoms with Crippen LogP contribution in [0.1, 0.15) is 18.6 Å². The molecule has 1 aliphatic rings. The summed E-state index contributed by atoms with van der Waals surface area (Å²) in [5.41, 5.74) is -0.404. The SMILES string of the molecule is Cc1cc2oc3c(OC4CC(O)CC(CO)O4)c(O)c(O)cc3c2c(=O)o1. The van der Waals surface area contributed by atoms with Crippen molar-refractivity contribution in [1.29, 1.82) is 0 Å². The lowest BCUT2D eigenvalue weighted by atomic mass is 10.1. The fourth-order valence-corrected chi connectivity index (χ4v) is 3.30. The number of ether oxygens (including phenoxy) is 2. The van der Waals surface area contributed by atoms with Crippen molar-refractivity contribution in [3.8, 4) is 17.2 Å². The molecule has 0 aliphatic carbocycles. The van der Waals surface area contributed by atoms with Crippen LogP contribution in [0.15, 0.2) is 25.8 Å². The molecule has 27 heavy (non-hydrogen) atoms. The van der Waals surface area contributed by atoms with E-state index < -0.39 is 35.6 Å². The molecule has 1 saturated heterocycles. The van der Waals surface area contributed by atoms with Gasteiger partial charge in [-0.2, -0.15) is 0 Å². The Morgan fingerprint density at radius 3 is 2.74 bits per heavy atom. The summed E-state index contributed by atoms with van der Waals surface area (Å²) in [5, 5.41) is 39.8. The van der Waals surface area contributed by atoms with Crippen LogP contribution in [0, 0.1) is 6.92 Å². The number of hydrogen-bond acceptors (Lipinski definition) is 9. The molecule has 3 heterocycles. The van der Waals surface area contributed by atoms with Crippen LogP contribution in [-0.2, 0) is 4.74 Å². The molecule has 4 N–H and O–H groups in total. The molecule has 3 aromatic rings. The van der Waals surface area contributed by atoms with Crippen LogP contribution in [0.5, 0.6) is 17.2 Å². The fourth-order valence-electron chi connectivity index (χ4n) is 3.30. The van der Waals surface area contributed by atoms with E-state index in [1.165, 1.54) is 12.1 Å². The molecule has 0 amide bonds. The van der Waals surface area contributed by atoms with Crippen LogP contribution in [0.2, 0.25) is 0 Å². The van der Waals surface area contributed by atoms with Crippen LogP contribution in [0.4, 0.5) is 0 Å². The molecular weight excluding hydrogens is 360 g/mol. The Hall–Kier alpha value is -2.75. The number of hydrogen-bond donors (Lipinski definition) is 4. The van der Waals surface area contributed by atoms with E-state index in [1.54, 1.807) is 6.92 Å². The summed E-state index contributed by atoms with van der Waals surface area (Å²) >= 11 is 0. The molecule has 0 saturated carbocycles. The average Bonchev–Trinajstić information content (AvgIpc) is 2.96. The second-order valence-electron chi connectivity index (χ2n) is 6.55. The van der Waals surface area contributed by atoms with Crippen molar-refractivity contribution < 1.29 is 38.7 Å². The lowest BCUT2D eigenvalue weighted by Gasteiger charge is -2.32. The Labute approximate surface area is 152 Å². The normalized spacial score (nSPS) is 23.1. The smallest absolute Gasteiger partial charge is 0.347 e. The van der Waals surface area contributed by atoms with Crippen LogP contribution >= 0.6 is 0 Å². The number of aliphatic hydroxyl groups excluding tert-OH is 2. The van der Waals surface area contributed by atoms with Gasteiger partial charge in [0, 0.05) is 24.3 Å². The highest BCUT2D eigenvalue weighted by molar-refractivity contribution is 6.07. The monoisotopic (exact) mass is 378 g/mol. The zero-order chi connectivity index (χ0) is 19.3. The highest BCUT2D eigenvalue weighted by Crippen LogP contribution is 2.46. The predicted molar refractivity (Wildman–Crippen MR) is 91.9 cm³/mol. The maximum absolute atomic E-state index is 12.2. The quantitative estimate of drug-likeness (QED) is 0.498. The van der Waals surface area contributed by atoms with Gasteiger partial charge in [-0.3, -0.25) is 0 Å². The van der Waals surface area contributed by atoms with Gasteiger partial charge in [-0.25, -0.2) is 4.79 Å². The molecule has 0 bridgehead atoms. The number of phenolic OH excluding ortho intramolecular Hbond substituents is 2. The highest BCUT2D eigenvalue weighted by Gasteiger charge is 2.32. The number of aryl methyl sites for hydroxylation is 1. The third kappa shape index (κ3) is 2.99. The first-order valence-electron chi connectivity index (χ1n) is 8.40. The van der Waals surface area contributed by atoms with Gasteiger partial charge >= 0.3 is 5.63 Å². The van der Waals surface area contributed by atoms with Gasteiger partial charge in [0.1, 0.15) is 16.7 Å². The van der Waals surface area contributed by atoms with Gasteiger partial charge in [0.05, 0.1) is 18.8 Å². The lowest BCUT2D eigenvalue weighted by molar-refractivity contribution is -0.184. The zero-order valence-electron chi connectivity index (χ0n) is 14.3. The second-order valence-corrected chi connectivity index (χ2v) is 6.55. The van der Waals surface area contributed by atoms with Crippen LogP contribution in [0.3, 0.4) is 0 Å². The number of aliphatic hydroxyl groups is 2. The maximum Gasteiger partial charge on any atom is 0.347 e. The summed E-state index contributed by atoms with van der Waals surface area (Å²) < 4.78 is 21.9. The molecule has 3 atom stereocenters. The van der Waals surface area contributed by atoms with E-state index >= 15 is 0 Å². The molecule has 0 radical (unpaired) electrons. The molecule has 144 valence electrons. The largest absolute Gasteiger partial charge is 0.504 e. The van der Waals surface area contributed by atoms with Crippen molar-refractivity contribution in [3.05, 3.63) is 28.3 Å². The summed E-state index contributed by atoms with van der Waals surface area (Å²) in [7, 11) is 0. The summed E-state index contributed by atoms with van der Waals surface area (Å²) in [6.45, 7) is 1.29. The van der Waals surface area contributed by atoms with Gasteiger partial charge in [0.15, 0.2) is 11.3 Å². The Morgan fingerprint density at radius 1 is 1.22 bits per heavy atom. The van der Waals surface area contributed by atoms with Gasteiger partial charge < -0.3 is 38.7 Å². The predicted octanol–water partition coefficient (Wildman–Crippen LogP) is 1.50. The van der Waals surface area contributed by atoms with Crippen molar-refractivity contribution in [2.75, 3.05) is 6.61 Å². The number of furan rings is 1. The first-order valence-corrected chi connectivity index (χ1v) is 8.40. The topological polar surface area (TPSA) is 143 Å². The third-order valence-corrected chi connectivity index (χ3v) is 4.51. The first kappa shape index (κ1) is 17.7. The van der Waals surface area contributed by atoms with Crippen molar-refractivity contribution in [3.63, 3.8) is 0 Å². The molecule has 3 unspecified atom stereocenters. The minimum atomic E-state index is -0.992. The van der Waals surface area contributed by atoms with Gasteiger partial charge in [0.25, 0.3) is 0 Å². The van der Waals surface area contributed by atoms with Crippen LogP contribution < -0.4 is 10.4 Å². The minimum Gasteiger partial charge on any atom is -0.504 e. The Balaban J connectivity index is 1.85. The van der Waals surface area contributed by atoms with Crippen molar-refractivity contribution in [1.82, 2.24) is 0 Å². The summed E-state index contributed by atoms with van der Waals surface area (Å²) in [4.78, 5) is 12.2. The molecule has 4 rings (SSSR count). The first-order chi connectivity index (χ1) is 12.9. The number of aromatic hydroxyl groups is 2. The van der Waals surface area contributed by atoms with E-state index in [0.717, 1.165) is 0 Å². The molecule has 1 aliphatic heterocycles. The molecule has 9 nitrogen and oxygen atoms in total. The number of benzene rings is 1. The Morgan fingerprint density at radius 2 is 2.00 bits per heavy atom. The van der Waals surface area contributed by atoms with Crippen molar-refractivity contribution >= 4 is 21.9 Å². The third-order valence-electron chi connectivity index (χ3n) is 4.51. The molecule has 1 fully saturated rings. The van der Waals surface area contributed by atoms with Crippen molar-refractivity contribution in [2.45, 2.75) is 38.3 Å². The Bertz CT molecular complexity index is 1060. The standard InChI is InChI=1S/C18H18O9/c1-7-2-12-14(18(23)24-7)10-5-11(21)15(22)17(16(10)26-12)27-13-4-8(20)3-9(6-19)25-13/h2,5,8-9,13,19-22H,3-4,6H2,1H3. The molecule has 0 spiro atoms. The van der Waals surface area contributed by atoms with E-state index in [4.69, 9.17) is 18.3 Å². The number of fused-ring (bicyclic) bond motifs is 3. The van der Waals surface area contributed by atoms with Gasteiger partial charge in [0.2, 0.25) is 17.8 Å². The lowest BCUT2D eigenvalue weighted by Crippen LogP contribution is -2.40. The maximum atomic E-state index is 12.2.